The van der Waals surface area contributed by atoms with Gasteiger partial charge in [-0.1, -0.05) is 50.2 Å². The Morgan fingerprint density at radius 1 is 1.00 bits per heavy atom. The zero-order chi connectivity index (χ0) is 25.4. The number of aliphatic hydroxyl groups is 1. The number of anilines is 1. The summed E-state index contributed by atoms with van der Waals surface area (Å²) in [4.78, 5) is 26.2. The molecule has 1 amide bonds. The Morgan fingerprint density at radius 2 is 1.72 bits per heavy atom. The lowest BCUT2D eigenvalue weighted by molar-refractivity contribution is -0.152. The lowest BCUT2D eigenvalue weighted by Crippen LogP contribution is -2.57. The van der Waals surface area contributed by atoms with E-state index in [1.165, 1.54) is 12.1 Å². The van der Waals surface area contributed by atoms with Crippen LogP contribution in [0.25, 0.3) is 0 Å². The summed E-state index contributed by atoms with van der Waals surface area (Å²) in [6.45, 7) is 5.40. The molecule has 188 valence electrons. The molecular weight excluding hydrogens is 462 g/mol. The number of benzene rings is 2. The van der Waals surface area contributed by atoms with Gasteiger partial charge >= 0.3 is 0 Å². The molecule has 0 aliphatic carbocycles. The second-order valence-corrected chi connectivity index (χ2v) is 10.1. The molecular formula is C28H30F2N4O2. The highest BCUT2D eigenvalue weighted by Gasteiger charge is 2.49. The summed E-state index contributed by atoms with van der Waals surface area (Å²) in [5, 5.41) is 11.7. The van der Waals surface area contributed by atoms with E-state index in [2.05, 4.69) is 9.97 Å². The van der Waals surface area contributed by atoms with Crippen LogP contribution in [-0.4, -0.2) is 52.1 Å². The molecule has 0 saturated carbocycles. The third kappa shape index (κ3) is 4.23. The van der Waals surface area contributed by atoms with Crippen molar-refractivity contribution in [3.8, 4) is 0 Å². The van der Waals surface area contributed by atoms with Crippen LogP contribution >= 0.6 is 0 Å². The van der Waals surface area contributed by atoms with E-state index in [9.17, 15) is 18.7 Å². The quantitative estimate of drug-likeness (QED) is 0.597. The van der Waals surface area contributed by atoms with Crippen LogP contribution < -0.4 is 4.90 Å². The Labute approximate surface area is 209 Å². The largest absolute Gasteiger partial charge is 0.384 e. The zero-order valence-electron chi connectivity index (χ0n) is 20.4. The SMILES string of the molecule is C[C@@H]1CN(C(=O)[C@@H]2CN(c3cnccn3)C[C@H]2c2ccc(F)cc2F)C[C@H](C)[C@@]1(O)c1ccccc1. The van der Waals surface area contributed by atoms with E-state index in [1.54, 1.807) is 23.5 Å². The number of amides is 1. The van der Waals surface area contributed by atoms with Crippen LogP contribution in [0, 0.1) is 29.4 Å². The van der Waals surface area contributed by atoms with Gasteiger partial charge < -0.3 is 14.9 Å². The molecule has 2 saturated heterocycles. The molecule has 8 heteroatoms. The summed E-state index contributed by atoms with van der Waals surface area (Å²) in [7, 11) is 0. The molecule has 0 unspecified atom stereocenters. The van der Waals surface area contributed by atoms with Crippen LogP contribution in [-0.2, 0) is 10.4 Å². The second-order valence-electron chi connectivity index (χ2n) is 10.1. The van der Waals surface area contributed by atoms with Gasteiger partial charge in [-0.05, 0) is 17.2 Å². The molecule has 2 aliphatic rings. The van der Waals surface area contributed by atoms with Gasteiger partial charge in [0.2, 0.25) is 5.91 Å². The Balaban J connectivity index is 1.43. The van der Waals surface area contributed by atoms with E-state index in [0.29, 0.717) is 37.6 Å². The van der Waals surface area contributed by atoms with Crippen molar-refractivity contribution >= 4 is 11.7 Å². The number of halogens is 2. The minimum absolute atomic E-state index is 0.0936. The van der Waals surface area contributed by atoms with Crippen LogP contribution in [0.2, 0.25) is 0 Å². The molecule has 6 nitrogen and oxygen atoms in total. The van der Waals surface area contributed by atoms with Crippen LogP contribution in [0.15, 0.2) is 67.1 Å². The Morgan fingerprint density at radius 3 is 2.36 bits per heavy atom. The fourth-order valence-corrected chi connectivity index (χ4v) is 6.00. The minimum Gasteiger partial charge on any atom is -0.384 e. The van der Waals surface area contributed by atoms with Crippen molar-refractivity contribution in [1.29, 1.82) is 0 Å². The fourth-order valence-electron chi connectivity index (χ4n) is 6.00. The maximum atomic E-state index is 14.9. The Bertz CT molecular complexity index is 1210. The van der Waals surface area contributed by atoms with Crippen LogP contribution in [0.1, 0.15) is 30.9 Å². The van der Waals surface area contributed by atoms with Crippen LogP contribution in [0.5, 0.6) is 0 Å². The monoisotopic (exact) mass is 492 g/mol. The molecule has 2 aliphatic heterocycles. The summed E-state index contributed by atoms with van der Waals surface area (Å²) in [6, 6.07) is 13.1. The molecule has 3 heterocycles. The molecule has 36 heavy (non-hydrogen) atoms. The lowest BCUT2D eigenvalue weighted by atomic mass is 9.70. The molecule has 3 aromatic rings. The maximum absolute atomic E-state index is 14.9. The molecule has 0 spiro atoms. The zero-order valence-corrected chi connectivity index (χ0v) is 20.4. The Hall–Kier alpha value is -3.39. The predicted molar refractivity (Wildman–Crippen MR) is 132 cm³/mol. The third-order valence-corrected chi connectivity index (χ3v) is 7.91. The van der Waals surface area contributed by atoms with Crippen molar-refractivity contribution in [2.24, 2.45) is 17.8 Å². The second kappa shape index (κ2) is 9.58. The highest BCUT2D eigenvalue weighted by atomic mass is 19.1. The first kappa shape index (κ1) is 24.3. The van der Waals surface area contributed by atoms with Crippen molar-refractivity contribution < 1.29 is 18.7 Å². The maximum Gasteiger partial charge on any atom is 0.228 e. The highest BCUT2D eigenvalue weighted by molar-refractivity contribution is 5.82. The number of hydrogen-bond acceptors (Lipinski definition) is 5. The van der Waals surface area contributed by atoms with E-state index >= 15 is 0 Å². The number of rotatable bonds is 4. The standard InChI is InChI=1S/C28H30F2N4O2/c1-18-14-34(15-19(2)28(18,36)20-6-4-3-5-7-20)27(35)24-17-33(26-13-31-10-11-32-26)16-23(24)22-9-8-21(29)12-25(22)30/h3-13,18-19,23-24,36H,14-17H2,1-2H3/t18-,19+,23-,24+,28-/m0/s1. The van der Waals surface area contributed by atoms with Gasteiger partial charge in [0.15, 0.2) is 0 Å². The van der Waals surface area contributed by atoms with Crippen molar-refractivity contribution in [1.82, 2.24) is 14.9 Å². The normalized spacial score (nSPS) is 28.4. The molecule has 1 N–H and O–H groups in total. The van der Waals surface area contributed by atoms with Crippen LogP contribution in [0.3, 0.4) is 0 Å². The Kier molecular flexibility index (Phi) is 6.47. The van der Waals surface area contributed by atoms with Crippen molar-refractivity contribution in [3.63, 3.8) is 0 Å². The van der Waals surface area contributed by atoms with E-state index in [4.69, 9.17) is 0 Å². The summed E-state index contributed by atoms with van der Waals surface area (Å²) in [5.74, 6) is -2.21. The molecule has 2 aromatic carbocycles. The number of likely N-dealkylation sites (tertiary alicyclic amines) is 1. The number of hydrogen-bond donors (Lipinski definition) is 1. The van der Waals surface area contributed by atoms with Gasteiger partial charge in [0.1, 0.15) is 17.5 Å². The number of nitrogens with zero attached hydrogens (tertiary/aromatic N) is 4. The average molecular weight is 493 g/mol. The molecule has 5 rings (SSSR count). The third-order valence-electron chi connectivity index (χ3n) is 7.91. The number of aromatic nitrogens is 2. The van der Waals surface area contributed by atoms with Gasteiger partial charge in [-0.15, -0.1) is 0 Å². The van der Waals surface area contributed by atoms with Gasteiger partial charge in [-0.3, -0.25) is 9.78 Å². The summed E-state index contributed by atoms with van der Waals surface area (Å²) in [5.41, 5.74) is 0.111. The first-order chi connectivity index (χ1) is 17.3. The summed E-state index contributed by atoms with van der Waals surface area (Å²) >= 11 is 0. The first-order valence-electron chi connectivity index (χ1n) is 12.3. The van der Waals surface area contributed by atoms with Gasteiger partial charge in [-0.2, -0.15) is 0 Å². The number of piperidine rings is 1. The predicted octanol–water partition coefficient (Wildman–Crippen LogP) is 3.98. The van der Waals surface area contributed by atoms with Crippen molar-refractivity contribution in [2.45, 2.75) is 25.4 Å². The van der Waals surface area contributed by atoms with Crippen LogP contribution in [0.4, 0.5) is 14.6 Å². The average Bonchev–Trinajstić information content (AvgIpc) is 3.32. The summed E-state index contributed by atoms with van der Waals surface area (Å²) < 4.78 is 28.5. The van der Waals surface area contributed by atoms with E-state index in [1.807, 2.05) is 49.1 Å². The minimum atomic E-state index is -1.05. The molecule has 0 radical (unpaired) electrons. The first-order valence-corrected chi connectivity index (χ1v) is 12.3. The van der Waals surface area contributed by atoms with E-state index in [0.717, 1.165) is 11.6 Å². The van der Waals surface area contributed by atoms with Gasteiger partial charge in [0.05, 0.1) is 17.7 Å². The molecule has 2 fully saturated rings. The molecule has 1 aromatic heterocycles. The van der Waals surface area contributed by atoms with Crippen molar-refractivity contribution in [2.75, 3.05) is 31.1 Å². The van der Waals surface area contributed by atoms with Gasteiger partial charge in [0.25, 0.3) is 0 Å². The number of carbonyl (C=O) groups is 1. The molecule has 5 atom stereocenters. The van der Waals surface area contributed by atoms with Gasteiger partial charge in [-0.25, -0.2) is 13.8 Å². The van der Waals surface area contributed by atoms with Crippen molar-refractivity contribution in [3.05, 3.63) is 89.9 Å². The highest BCUT2D eigenvalue weighted by Crippen LogP contribution is 2.43. The number of carbonyl (C=O) groups excluding carboxylic acids is 1. The summed E-state index contributed by atoms with van der Waals surface area (Å²) in [6.07, 6.45) is 4.77. The smallest absolute Gasteiger partial charge is 0.228 e. The topological polar surface area (TPSA) is 69.6 Å². The van der Waals surface area contributed by atoms with E-state index < -0.39 is 29.1 Å². The lowest BCUT2D eigenvalue weighted by Gasteiger charge is -2.48. The fraction of sp³-hybridized carbons (Fsp3) is 0.393. The van der Waals surface area contributed by atoms with Gasteiger partial charge in [0, 0.05) is 62.4 Å². The van der Waals surface area contributed by atoms with E-state index in [-0.39, 0.29) is 17.7 Å². The molecule has 0 bridgehead atoms.